The van der Waals surface area contributed by atoms with E-state index in [1.54, 1.807) is 24.3 Å². The Morgan fingerprint density at radius 3 is 2.54 bits per heavy atom. The van der Waals surface area contributed by atoms with E-state index in [1.807, 2.05) is 0 Å². The number of amides is 2. The minimum Gasteiger partial charge on any atom is -0.484 e. The zero-order valence-electron chi connectivity index (χ0n) is 14.3. The molecule has 9 heteroatoms. The van der Waals surface area contributed by atoms with Crippen molar-refractivity contribution >= 4 is 23.6 Å². The Bertz CT molecular complexity index is 963. The van der Waals surface area contributed by atoms with Crippen LogP contribution in [0.3, 0.4) is 0 Å². The lowest BCUT2D eigenvalue weighted by atomic mass is 10.1. The van der Waals surface area contributed by atoms with Crippen molar-refractivity contribution in [3.8, 4) is 11.8 Å². The highest BCUT2D eigenvalue weighted by Crippen LogP contribution is 2.30. The first-order valence-electron chi connectivity index (χ1n) is 7.80. The SMILES string of the molecule is N#C/C(=C/c1cccc(OCC(N)=O)c1)C(=O)Nc1cccc(C(F)(F)F)c1. The third kappa shape index (κ3) is 5.88. The molecule has 0 aliphatic carbocycles. The number of halogens is 3. The Labute approximate surface area is 158 Å². The highest BCUT2D eigenvalue weighted by molar-refractivity contribution is 6.09. The summed E-state index contributed by atoms with van der Waals surface area (Å²) >= 11 is 0. The molecule has 0 saturated carbocycles. The molecule has 2 aromatic carbocycles. The average Bonchev–Trinajstić information content (AvgIpc) is 2.64. The molecule has 3 N–H and O–H groups in total. The molecule has 28 heavy (non-hydrogen) atoms. The van der Waals surface area contributed by atoms with Gasteiger partial charge in [-0.15, -0.1) is 0 Å². The number of alkyl halides is 3. The highest BCUT2D eigenvalue weighted by atomic mass is 19.4. The third-order valence-corrected chi connectivity index (χ3v) is 3.36. The second kappa shape index (κ2) is 8.73. The summed E-state index contributed by atoms with van der Waals surface area (Å²) in [5.41, 5.74) is 4.05. The quantitative estimate of drug-likeness (QED) is 0.585. The van der Waals surface area contributed by atoms with Crippen LogP contribution in [0.4, 0.5) is 18.9 Å². The van der Waals surface area contributed by atoms with E-state index in [1.165, 1.54) is 18.2 Å². The molecule has 0 aliphatic heterocycles. The summed E-state index contributed by atoms with van der Waals surface area (Å²) in [6, 6.07) is 11.9. The molecule has 6 nitrogen and oxygen atoms in total. The van der Waals surface area contributed by atoms with E-state index in [-0.39, 0.29) is 17.9 Å². The number of carbonyl (C=O) groups is 2. The van der Waals surface area contributed by atoms with Crippen LogP contribution in [0.1, 0.15) is 11.1 Å². The van der Waals surface area contributed by atoms with Gasteiger partial charge in [0, 0.05) is 5.69 Å². The van der Waals surface area contributed by atoms with Crippen molar-refractivity contribution in [2.24, 2.45) is 5.73 Å². The standard InChI is InChI=1S/C19H14F3N3O3/c20-19(21,22)14-4-2-5-15(9-14)25-18(27)13(10-23)7-12-3-1-6-16(8-12)28-11-17(24)26/h1-9H,11H2,(H2,24,26)(H,25,27)/b13-7-. The van der Waals surface area contributed by atoms with Gasteiger partial charge in [0.25, 0.3) is 11.8 Å². The van der Waals surface area contributed by atoms with Gasteiger partial charge in [0.1, 0.15) is 17.4 Å². The highest BCUT2D eigenvalue weighted by Gasteiger charge is 2.30. The van der Waals surface area contributed by atoms with E-state index in [0.29, 0.717) is 11.3 Å². The lowest BCUT2D eigenvalue weighted by Crippen LogP contribution is -2.20. The van der Waals surface area contributed by atoms with E-state index in [9.17, 15) is 28.0 Å². The van der Waals surface area contributed by atoms with Crippen LogP contribution in [0.25, 0.3) is 6.08 Å². The predicted octanol–water partition coefficient (Wildman–Crippen LogP) is 3.12. The molecule has 0 spiro atoms. The van der Waals surface area contributed by atoms with Crippen LogP contribution in [0.15, 0.2) is 54.1 Å². The van der Waals surface area contributed by atoms with E-state index in [4.69, 9.17) is 10.5 Å². The largest absolute Gasteiger partial charge is 0.484 e. The van der Waals surface area contributed by atoms with Crippen molar-refractivity contribution in [1.82, 2.24) is 0 Å². The topological polar surface area (TPSA) is 105 Å². The van der Waals surface area contributed by atoms with Gasteiger partial charge in [-0.1, -0.05) is 18.2 Å². The molecule has 0 heterocycles. The summed E-state index contributed by atoms with van der Waals surface area (Å²) in [5.74, 6) is -1.24. The summed E-state index contributed by atoms with van der Waals surface area (Å²) in [6.45, 7) is -0.339. The van der Waals surface area contributed by atoms with Gasteiger partial charge >= 0.3 is 6.18 Å². The van der Waals surface area contributed by atoms with Crippen molar-refractivity contribution in [1.29, 1.82) is 5.26 Å². The number of ether oxygens (including phenoxy) is 1. The number of primary amides is 1. The molecular formula is C19H14F3N3O3. The summed E-state index contributed by atoms with van der Waals surface area (Å²) in [6.07, 6.45) is -3.32. The van der Waals surface area contributed by atoms with Crippen molar-refractivity contribution in [2.45, 2.75) is 6.18 Å². The van der Waals surface area contributed by atoms with Crippen LogP contribution in [0.2, 0.25) is 0 Å². The normalized spacial score (nSPS) is 11.4. The number of benzene rings is 2. The fourth-order valence-electron chi connectivity index (χ4n) is 2.14. The number of hydrogen-bond acceptors (Lipinski definition) is 4. The lowest BCUT2D eigenvalue weighted by molar-refractivity contribution is -0.137. The summed E-state index contributed by atoms with van der Waals surface area (Å²) < 4.78 is 43.4. The number of rotatable bonds is 6. The average molecular weight is 389 g/mol. The molecule has 144 valence electrons. The Balaban J connectivity index is 2.19. The molecule has 0 atom stereocenters. The molecule has 0 fully saturated rings. The van der Waals surface area contributed by atoms with E-state index >= 15 is 0 Å². The minimum atomic E-state index is -4.56. The van der Waals surface area contributed by atoms with Crippen LogP contribution >= 0.6 is 0 Å². The number of anilines is 1. The molecule has 0 radical (unpaired) electrons. The number of nitrogens with two attached hydrogens (primary N) is 1. The number of nitrogens with one attached hydrogen (secondary N) is 1. The number of carbonyl (C=O) groups excluding carboxylic acids is 2. The van der Waals surface area contributed by atoms with Gasteiger partial charge in [-0.25, -0.2) is 0 Å². The Hall–Kier alpha value is -3.80. The van der Waals surface area contributed by atoms with Crippen molar-refractivity contribution in [2.75, 3.05) is 11.9 Å². The Morgan fingerprint density at radius 1 is 1.18 bits per heavy atom. The van der Waals surface area contributed by atoms with E-state index in [0.717, 1.165) is 18.2 Å². The molecule has 0 aromatic heterocycles. The summed E-state index contributed by atoms with van der Waals surface area (Å²) in [7, 11) is 0. The minimum absolute atomic E-state index is 0.0977. The number of nitrogens with zero attached hydrogens (tertiary/aromatic N) is 1. The Morgan fingerprint density at radius 2 is 1.89 bits per heavy atom. The number of hydrogen-bond donors (Lipinski definition) is 2. The fraction of sp³-hybridized carbons (Fsp3) is 0.105. The van der Waals surface area contributed by atoms with Gasteiger partial charge in [0.15, 0.2) is 6.61 Å². The molecule has 0 unspecified atom stereocenters. The Kier molecular flexibility index (Phi) is 6.39. The van der Waals surface area contributed by atoms with Crippen LogP contribution in [-0.4, -0.2) is 18.4 Å². The zero-order chi connectivity index (χ0) is 20.7. The van der Waals surface area contributed by atoms with Gasteiger partial charge < -0.3 is 15.8 Å². The van der Waals surface area contributed by atoms with E-state index in [2.05, 4.69) is 5.32 Å². The first kappa shape index (κ1) is 20.5. The second-order valence-electron chi connectivity index (χ2n) is 5.53. The van der Waals surface area contributed by atoms with Crippen LogP contribution < -0.4 is 15.8 Å². The number of nitriles is 1. The second-order valence-corrected chi connectivity index (χ2v) is 5.53. The maximum Gasteiger partial charge on any atom is 0.416 e. The summed E-state index contributed by atoms with van der Waals surface area (Å²) in [5, 5.41) is 11.5. The first-order chi connectivity index (χ1) is 13.2. The van der Waals surface area contributed by atoms with Gasteiger partial charge in [-0.05, 0) is 42.0 Å². The molecular weight excluding hydrogens is 375 g/mol. The fourth-order valence-corrected chi connectivity index (χ4v) is 2.14. The zero-order valence-corrected chi connectivity index (χ0v) is 14.3. The first-order valence-corrected chi connectivity index (χ1v) is 7.80. The van der Waals surface area contributed by atoms with Gasteiger partial charge in [0.2, 0.25) is 0 Å². The van der Waals surface area contributed by atoms with Crippen LogP contribution in [0, 0.1) is 11.3 Å². The maximum atomic E-state index is 12.8. The van der Waals surface area contributed by atoms with Crippen molar-refractivity contribution < 1.29 is 27.5 Å². The van der Waals surface area contributed by atoms with E-state index < -0.39 is 23.6 Å². The predicted molar refractivity (Wildman–Crippen MR) is 94.8 cm³/mol. The smallest absolute Gasteiger partial charge is 0.416 e. The van der Waals surface area contributed by atoms with Gasteiger partial charge in [-0.3, -0.25) is 9.59 Å². The van der Waals surface area contributed by atoms with Crippen molar-refractivity contribution in [3.05, 3.63) is 65.2 Å². The lowest BCUT2D eigenvalue weighted by Gasteiger charge is -2.09. The monoisotopic (exact) mass is 389 g/mol. The van der Waals surface area contributed by atoms with Crippen LogP contribution in [0.5, 0.6) is 5.75 Å². The molecule has 0 bridgehead atoms. The molecule has 2 aromatic rings. The molecule has 0 saturated heterocycles. The molecule has 2 amide bonds. The summed E-state index contributed by atoms with van der Waals surface area (Å²) in [4.78, 5) is 23.0. The molecule has 0 aliphatic rings. The van der Waals surface area contributed by atoms with Crippen LogP contribution in [-0.2, 0) is 15.8 Å². The maximum absolute atomic E-state index is 12.8. The van der Waals surface area contributed by atoms with Gasteiger partial charge in [-0.2, -0.15) is 18.4 Å². The third-order valence-electron chi connectivity index (χ3n) is 3.36. The molecule has 2 rings (SSSR count). The van der Waals surface area contributed by atoms with Crippen molar-refractivity contribution in [3.63, 3.8) is 0 Å². The van der Waals surface area contributed by atoms with Gasteiger partial charge in [0.05, 0.1) is 5.56 Å².